The monoisotopic (exact) mass is 429 g/mol. The normalized spacial score (nSPS) is 10.6. The van der Waals surface area contributed by atoms with E-state index in [1.165, 1.54) is 4.90 Å². The molecule has 0 unspecified atom stereocenters. The van der Waals surface area contributed by atoms with Gasteiger partial charge in [-0.2, -0.15) is 0 Å². The van der Waals surface area contributed by atoms with Gasteiger partial charge in [0.2, 0.25) is 11.8 Å². The Morgan fingerprint density at radius 1 is 1.22 bits per heavy atom. The minimum Gasteiger partial charge on any atom is -0.497 e. The third kappa shape index (κ3) is 4.49. The van der Waals surface area contributed by atoms with Crippen molar-refractivity contribution in [2.45, 2.75) is 6.42 Å². The summed E-state index contributed by atoms with van der Waals surface area (Å²) in [4.78, 5) is 29.4. The number of aromatic amines is 1. The predicted molar refractivity (Wildman–Crippen MR) is 109 cm³/mol. The van der Waals surface area contributed by atoms with E-state index in [2.05, 4.69) is 26.2 Å². The molecule has 2 N–H and O–H groups in total. The number of methoxy groups -OCH3 is 1. The molecule has 1 heterocycles. The van der Waals surface area contributed by atoms with E-state index in [1.54, 1.807) is 20.2 Å². The molecule has 7 heteroatoms. The summed E-state index contributed by atoms with van der Waals surface area (Å²) in [5.41, 5.74) is 2.48. The lowest BCUT2D eigenvalue weighted by molar-refractivity contribution is -0.132. The van der Waals surface area contributed by atoms with E-state index < -0.39 is 0 Å². The number of likely N-dealkylation sites (N-methyl/N-ethyl adjacent to an activating group) is 1. The molecule has 0 spiro atoms. The average Bonchev–Trinajstić information content (AvgIpc) is 3.05. The van der Waals surface area contributed by atoms with Gasteiger partial charge in [0.25, 0.3) is 0 Å². The summed E-state index contributed by atoms with van der Waals surface area (Å²) >= 11 is 3.39. The molecule has 140 valence electrons. The Bertz CT molecular complexity index is 984. The van der Waals surface area contributed by atoms with Gasteiger partial charge in [-0.05, 0) is 51.8 Å². The Kier molecular flexibility index (Phi) is 5.81. The molecule has 0 bridgehead atoms. The van der Waals surface area contributed by atoms with Crippen LogP contribution in [0.4, 0.5) is 5.69 Å². The molecule has 0 aliphatic carbocycles. The maximum atomic E-state index is 12.6. The van der Waals surface area contributed by atoms with E-state index in [0.717, 1.165) is 26.7 Å². The van der Waals surface area contributed by atoms with Gasteiger partial charge in [-0.25, -0.2) is 0 Å². The number of anilines is 1. The summed E-state index contributed by atoms with van der Waals surface area (Å²) in [7, 11) is 3.23. The second-order valence-electron chi connectivity index (χ2n) is 6.18. The van der Waals surface area contributed by atoms with Crippen molar-refractivity contribution in [3.05, 3.63) is 58.7 Å². The second kappa shape index (κ2) is 8.26. The highest BCUT2D eigenvalue weighted by Gasteiger charge is 2.16. The number of benzene rings is 2. The molecule has 27 heavy (non-hydrogen) atoms. The minimum absolute atomic E-state index is 0.0220. The number of para-hydroxylation sites is 1. The number of nitrogens with one attached hydrogen (secondary N) is 2. The highest BCUT2D eigenvalue weighted by molar-refractivity contribution is 9.10. The molecule has 0 aliphatic rings. The first kappa shape index (κ1) is 19.0. The van der Waals surface area contributed by atoms with Crippen LogP contribution in [0.2, 0.25) is 0 Å². The van der Waals surface area contributed by atoms with E-state index in [-0.39, 0.29) is 24.8 Å². The first-order chi connectivity index (χ1) is 13.0. The van der Waals surface area contributed by atoms with Crippen LogP contribution in [0.5, 0.6) is 5.75 Å². The third-order valence-electron chi connectivity index (χ3n) is 4.27. The lowest BCUT2D eigenvalue weighted by atomic mass is 10.1. The van der Waals surface area contributed by atoms with Gasteiger partial charge in [0, 0.05) is 28.6 Å². The number of aromatic nitrogens is 1. The van der Waals surface area contributed by atoms with E-state index in [1.807, 2.05) is 42.6 Å². The minimum atomic E-state index is -0.252. The zero-order chi connectivity index (χ0) is 19.4. The van der Waals surface area contributed by atoms with E-state index in [4.69, 9.17) is 4.74 Å². The van der Waals surface area contributed by atoms with Gasteiger partial charge in [0.15, 0.2) is 0 Å². The SMILES string of the molecule is COc1ccc2[nH]cc(CC(=O)N(C)CC(=O)Nc3ccccc3Br)c2c1. The van der Waals surface area contributed by atoms with Crippen LogP contribution in [0, 0.1) is 0 Å². The topological polar surface area (TPSA) is 74.4 Å². The molecule has 2 aromatic carbocycles. The summed E-state index contributed by atoms with van der Waals surface area (Å²) in [6, 6.07) is 13.0. The fourth-order valence-corrected chi connectivity index (χ4v) is 3.17. The largest absolute Gasteiger partial charge is 0.497 e. The highest BCUT2D eigenvalue weighted by Crippen LogP contribution is 2.24. The molecule has 0 aliphatic heterocycles. The number of halogens is 1. The summed E-state index contributed by atoms with van der Waals surface area (Å²) < 4.78 is 6.04. The second-order valence-corrected chi connectivity index (χ2v) is 7.03. The van der Waals surface area contributed by atoms with Crippen LogP contribution in [0.1, 0.15) is 5.56 Å². The number of amides is 2. The zero-order valence-electron chi connectivity index (χ0n) is 15.1. The number of hydrogen-bond donors (Lipinski definition) is 2. The lowest BCUT2D eigenvalue weighted by Gasteiger charge is -2.17. The molecule has 1 aromatic heterocycles. The maximum Gasteiger partial charge on any atom is 0.244 e. The van der Waals surface area contributed by atoms with Crippen molar-refractivity contribution < 1.29 is 14.3 Å². The number of fused-ring (bicyclic) bond motifs is 1. The van der Waals surface area contributed by atoms with Crippen molar-refractivity contribution in [1.29, 1.82) is 0 Å². The number of H-pyrrole nitrogens is 1. The van der Waals surface area contributed by atoms with Gasteiger partial charge in [0.05, 0.1) is 25.8 Å². The summed E-state index contributed by atoms with van der Waals surface area (Å²) in [5, 5.41) is 3.74. The van der Waals surface area contributed by atoms with Crippen LogP contribution in [-0.4, -0.2) is 42.4 Å². The van der Waals surface area contributed by atoms with Gasteiger partial charge in [-0.1, -0.05) is 12.1 Å². The number of carbonyl (C=O) groups is 2. The number of hydrogen-bond acceptors (Lipinski definition) is 3. The molecule has 0 saturated heterocycles. The first-order valence-corrected chi connectivity index (χ1v) is 9.19. The summed E-state index contributed by atoms with van der Waals surface area (Å²) in [6.45, 7) is -0.0220. The molecule has 0 atom stereocenters. The highest BCUT2D eigenvalue weighted by atomic mass is 79.9. The molecular formula is C20H20BrN3O3. The molecule has 0 fully saturated rings. The molecular weight excluding hydrogens is 410 g/mol. The smallest absolute Gasteiger partial charge is 0.244 e. The maximum absolute atomic E-state index is 12.6. The van der Waals surface area contributed by atoms with Crippen LogP contribution in [-0.2, 0) is 16.0 Å². The summed E-state index contributed by atoms with van der Waals surface area (Å²) in [5.74, 6) is 0.344. The molecule has 0 radical (unpaired) electrons. The van der Waals surface area contributed by atoms with Crippen molar-refractivity contribution in [2.24, 2.45) is 0 Å². The number of rotatable bonds is 6. The van der Waals surface area contributed by atoms with E-state index >= 15 is 0 Å². The molecule has 3 rings (SSSR count). The number of carbonyl (C=O) groups excluding carboxylic acids is 2. The Morgan fingerprint density at radius 3 is 2.74 bits per heavy atom. The predicted octanol–water partition coefficient (Wildman–Crippen LogP) is 3.58. The van der Waals surface area contributed by atoms with Crippen LogP contribution < -0.4 is 10.1 Å². The van der Waals surface area contributed by atoms with Gasteiger partial charge >= 0.3 is 0 Å². The Balaban J connectivity index is 1.64. The molecule has 2 amide bonds. The van der Waals surface area contributed by atoms with Gasteiger partial charge in [-0.15, -0.1) is 0 Å². The Morgan fingerprint density at radius 2 is 2.00 bits per heavy atom. The molecule has 3 aromatic rings. The van der Waals surface area contributed by atoms with Gasteiger partial charge < -0.3 is 19.9 Å². The van der Waals surface area contributed by atoms with Gasteiger partial charge in [0.1, 0.15) is 5.75 Å². The third-order valence-corrected chi connectivity index (χ3v) is 4.96. The van der Waals surface area contributed by atoms with Crippen LogP contribution in [0.25, 0.3) is 10.9 Å². The zero-order valence-corrected chi connectivity index (χ0v) is 16.7. The van der Waals surface area contributed by atoms with Crippen LogP contribution in [0.3, 0.4) is 0 Å². The standard InChI is InChI=1S/C20H20BrN3O3/c1-24(12-19(25)23-18-6-4-3-5-16(18)21)20(26)9-13-11-22-17-8-7-14(27-2)10-15(13)17/h3-8,10-11,22H,9,12H2,1-2H3,(H,23,25). The lowest BCUT2D eigenvalue weighted by Crippen LogP contribution is -2.35. The molecule has 0 saturated carbocycles. The number of nitrogens with zero attached hydrogens (tertiary/aromatic N) is 1. The number of ether oxygens (including phenoxy) is 1. The van der Waals surface area contributed by atoms with E-state index in [0.29, 0.717) is 5.69 Å². The van der Waals surface area contributed by atoms with Crippen molar-refractivity contribution in [3.8, 4) is 5.75 Å². The molecule has 6 nitrogen and oxygen atoms in total. The van der Waals surface area contributed by atoms with Crippen molar-refractivity contribution in [2.75, 3.05) is 26.0 Å². The quantitative estimate of drug-likeness (QED) is 0.628. The van der Waals surface area contributed by atoms with E-state index in [9.17, 15) is 9.59 Å². The van der Waals surface area contributed by atoms with Crippen LogP contribution in [0.15, 0.2) is 53.1 Å². The average molecular weight is 430 g/mol. The first-order valence-electron chi connectivity index (χ1n) is 8.40. The summed E-state index contributed by atoms with van der Waals surface area (Å²) in [6.07, 6.45) is 2.02. The van der Waals surface area contributed by atoms with Gasteiger partial charge in [-0.3, -0.25) is 9.59 Å². The van der Waals surface area contributed by atoms with Crippen molar-refractivity contribution in [3.63, 3.8) is 0 Å². The van der Waals surface area contributed by atoms with Crippen LogP contribution >= 0.6 is 15.9 Å². The fraction of sp³-hybridized carbons (Fsp3) is 0.200. The Hall–Kier alpha value is -2.80. The van der Waals surface area contributed by atoms with Crippen molar-refractivity contribution in [1.82, 2.24) is 9.88 Å². The fourth-order valence-electron chi connectivity index (χ4n) is 2.78. The Labute approximate surface area is 165 Å². The van der Waals surface area contributed by atoms with Crippen molar-refractivity contribution >= 4 is 44.3 Å².